The molecule has 1 atom stereocenters. The summed E-state index contributed by atoms with van der Waals surface area (Å²) in [7, 11) is 0. The second-order valence-corrected chi connectivity index (χ2v) is 4.67. The van der Waals surface area contributed by atoms with Crippen LogP contribution in [0.15, 0.2) is 34.9 Å². The third-order valence-corrected chi connectivity index (χ3v) is 3.42. The summed E-state index contributed by atoms with van der Waals surface area (Å²) in [6, 6.07) is 8.08. The number of hydrogen-bond acceptors (Lipinski definition) is 3. The number of hydrogen-bond donors (Lipinski definition) is 2. The molecule has 1 unspecified atom stereocenters. The van der Waals surface area contributed by atoms with Gasteiger partial charge in [-0.2, -0.15) is 0 Å². The van der Waals surface area contributed by atoms with E-state index in [1.165, 1.54) is 10.9 Å². The molecule has 0 radical (unpaired) electrons. The van der Waals surface area contributed by atoms with Gasteiger partial charge in [-0.15, -0.1) is 0 Å². The van der Waals surface area contributed by atoms with Gasteiger partial charge >= 0.3 is 0 Å². The fourth-order valence-electron chi connectivity index (χ4n) is 2.21. The molecule has 98 valence electrons. The van der Waals surface area contributed by atoms with Crippen molar-refractivity contribution in [3.05, 3.63) is 36.1 Å². The summed E-state index contributed by atoms with van der Waals surface area (Å²) in [5.74, 6) is 0.549. The van der Waals surface area contributed by atoms with Gasteiger partial charge in [-0.3, -0.25) is 0 Å². The molecule has 2 N–H and O–H groups in total. The van der Waals surface area contributed by atoms with Gasteiger partial charge in [0.15, 0.2) is 0 Å². The van der Waals surface area contributed by atoms with Crippen LogP contribution in [0.25, 0.3) is 11.0 Å². The van der Waals surface area contributed by atoms with Crippen LogP contribution in [0, 0.1) is 5.92 Å². The van der Waals surface area contributed by atoms with Crippen molar-refractivity contribution in [2.24, 2.45) is 5.92 Å². The maximum atomic E-state index is 8.95. The molecule has 3 nitrogen and oxygen atoms in total. The number of furan rings is 1. The number of para-hydroxylation sites is 1. The predicted octanol–water partition coefficient (Wildman–Crippen LogP) is 2.93. The highest BCUT2D eigenvalue weighted by atomic mass is 16.3. The fraction of sp³-hybridized carbons (Fsp3) is 0.467. The van der Waals surface area contributed by atoms with Crippen LogP contribution in [0.3, 0.4) is 0 Å². The van der Waals surface area contributed by atoms with E-state index in [0.717, 1.165) is 31.5 Å². The van der Waals surface area contributed by atoms with E-state index in [4.69, 9.17) is 9.52 Å². The lowest BCUT2D eigenvalue weighted by Crippen LogP contribution is -2.22. The lowest BCUT2D eigenvalue weighted by atomic mass is 10.0. The van der Waals surface area contributed by atoms with Crippen molar-refractivity contribution in [2.75, 3.05) is 13.2 Å². The van der Waals surface area contributed by atoms with Crippen LogP contribution in [0.2, 0.25) is 0 Å². The Bertz CT molecular complexity index is 478. The molecule has 0 saturated heterocycles. The van der Waals surface area contributed by atoms with Crippen LogP contribution in [0.5, 0.6) is 0 Å². The minimum absolute atomic E-state index is 0.273. The van der Waals surface area contributed by atoms with Crippen LogP contribution in [-0.2, 0) is 6.54 Å². The summed E-state index contributed by atoms with van der Waals surface area (Å²) in [6.07, 6.45) is 3.79. The van der Waals surface area contributed by atoms with E-state index in [2.05, 4.69) is 18.3 Å². The summed E-state index contributed by atoms with van der Waals surface area (Å²) < 4.78 is 5.50. The molecule has 0 aliphatic heterocycles. The van der Waals surface area contributed by atoms with Crippen molar-refractivity contribution in [1.82, 2.24) is 5.32 Å². The molecule has 0 aliphatic rings. The van der Waals surface area contributed by atoms with E-state index in [-0.39, 0.29) is 6.61 Å². The quantitative estimate of drug-likeness (QED) is 0.790. The number of benzene rings is 1. The molecule has 0 fully saturated rings. The topological polar surface area (TPSA) is 45.4 Å². The second-order valence-electron chi connectivity index (χ2n) is 4.67. The number of aliphatic hydroxyl groups excluding tert-OH is 1. The third kappa shape index (κ3) is 3.12. The molecule has 0 aliphatic carbocycles. The second kappa shape index (κ2) is 6.57. The number of nitrogens with one attached hydrogen (secondary N) is 1. The summed E-state index contributed by atoms with van der Waals surface area (Å²) >= 11 is 0. The fourth-order valence-corrected chi connectivity index (χ4v) is 2.21. The molecule has 0 bridgehead atoms. The Hall–Kier alpha value is -1.32. The van der Waals surface area contributed by atoms with Crippen molar-refractivity contribution in [3.8, 4) is 0 Å². The third-order valence-electron chi connectivity index (χ3n) is 3.42. The van der Waals surface area contributed by atoms with Crippen molar-refractivity contribution >= 4 is 11.0 Å². The van der Waals surface area contributed by atoms with Gasteiger partial charge in [-0.25, -0.2) is 0 Å². The zero-order valence-electron chi connectivity index (χ0n) is 10.9. The maximum absolute atomic E-state index is 8.95. The number of aliphatic hydroxyl groups is 1. The Morgan fingerprint density at radius 3 is 2.94 bits per heavy atom. The Morgan fingerprint density at radius 2 is 2.17 bits per heavy atom. The first-order valence-electron chi connectivity index (χ1n) is 6.61. The van der Waals surface area contributed by atoms with Crippen molar-refractivity contribution < 1.29 is 9.52 Å². The lowest BCUT2D eigenvalue weighted by Gasteiger charge is -2.13. The minimum atomic E-state index is 0.273. The molecular formula is C15H21NO2. The summed E-state index contributed by atoms with van der Waals surface area (Å²) in [6.45, 7) is 4.19. The molecule has 0 saturated carbocycles. The zero-order chi connectivity index (χ0) is 12.8. The van der Waals surface area contributed by atoms with E-state index in [1.54, 1.807) is 0 Å². The Kier molecular flexibility index (Phi) is 4.79. The van der Waals surface area contributed by atoms with Gasteiger partial charge in [0.05, 0.1) is 6.26 Å². The standard InChI is InChI=1S/C15H21NO2/c1-2-12(7-8-17)9-16-10-13-11-18-15-6-4-3-5-14(13)15/h3-6,11-12,16-17H,2,7-10H2,1H3. The van der Waals surface area contributed by atoms with Gasteiger partial charge in [0.2, 0.25) is 0 Å². The Balaban J connectivity index is 1.90. The van der Waals surface area contributed by atoms with Gasteiger partial charge in [0.25, 0.3) is 0 Å². The van der Waals surface area contributed by atoms with Crippen molar-refractivity contribution in [2.45, 2.75) is 26.3 Å². The SMILES string of the molecule is CCC(CCO)CNCc1coc2ccccc12. The van der Waals surface area contributed by atoms with Gasteiger partial charge in [-0.05, 0) is 24.9 Å². The molecular weight excluding hydrogens is 226 g/mol. The van der Waals surface area contributed by atoms with Crippen LogP contribution in [0.1, 0.15) is 25.3 Å². The van der Waals surface area contributed by atoms with Crippen LogP contribution < -0.4 is 5.32 Å². The number of fused-ring (bicyclic) bond motifs is 1. The zero-order valence-corrected chi connectivity index (χ0v) is 10.9. The summed E-state index contributed by atoms with van der Waals surface area (Å²) in [4.78, 5) is 0. The maximum Gasteiger partial charge on any atom is 0.134 e. The molecule has 2 aromatic rings. The first kappa shape index (κ1) is 13.1. The lowest BCUT2D eigenvalue weighted by molar-refractivity contribution is 0.251. The van der Waals surface area contributed by atoms with E-state index in [0.29, 0.717) is 5.92 Å². The Labute approximate surface area is 108 Å². The van der Waals surface area contributed by atoms with Gasteiger partial charge in [-0.1, -0.05) is 31.5 Å². The van der Waals surface area contributed by atoms with Gasteiger partial charge < -0.3 is 14.8 Å². The summed E-state index contributed by atoms with van der Waals surface area (Å²) in [5, 5.41) is 13.6. The van der Waals surface area contributed by atoms with Crippen LogP contribution >= 0.6 is 0 Å². The average molecular weight is 247 g/mol. The Morgan fingerprint density at radius 1 is 1.33 bits per heavy atom. The van der Waals surface area contributed by atoms with Gasteiger partial charge in [0, 0.05) is 24.1 Å². The van der Waals surface area contributed by atoms with E-state index < -0.39 is 0 Å². The van der Waals surface area contributed by atoms with Crippen LogP contribution in [0.4, 0.5) is 0 Å². The molecule has 3 heteroatoms. The van der Waals surface area contributed by atoms with E-state index in [1.807, 2.05) is 24.5 Å². The van der Waals surface area contributed by atoms with Crippen molar-refractivity contribution in [3.63, 3.8) is 0 Å². The molecule has 18 heavy (non-hydrogen) atoms. The molecule has 1 aromatic carbocycles. The van der Waals surface area contributed by atoms with Gasteiger partial charge in [0.1, 0.15) is 5.58 Å². The van der Waals surface area contributed by atoms with Crippen LogP contribution in [-0.4, -0.2) is 18.3 Å². The molecule has 1 heterocycles. The highest BCUT2D eigenvalue weighted by molar-refractivity contribution is 5.80. The molecule has 2 rings (SSSR count). The normalized spacial score (nSPS) is 13.0. The highest BCUT2D eigenvalue weighted by Crippen LogP contribution is 2.20. The predicted molar refractivity (Wildman–Crippen MR) is 73.4 cm³/mol. The van der Waals surface area contributed by atoms with E-state index >= 15 is 0 Å². The monoisotopic (exact) mass is 247 g/mol. The van der Waals surface area contributed by atoms with E-state index in [9.17, 15) is 0 Å². The van der Waals surface area contributed by atoms with Crippen molar-refractivity contribution in [1.29, 1.82) is 0 Å². The molecule has 0 amide bonds. The molecule has 1 aromatic heterocycles. The average Bonchev–Trinajstić information content (AvgIpc) is 2.81. The minimum Gasteiger partial charge on any atom is -0.464 e. The molecule has 0 spiro atoms. The first-order valence-corrected chi connectivity index (χ1v) is 6.61. The first-order chi connectivity index (χ1) is 8.85. The summed E-state index contributed by atoms with van der Waals surface area (Å²) in [5.41, 5.74) is 2.14. The smallest absolute Gasteiger partial charge is 0.134 e. The highest BCUT2D eigenvalue weighted by Gasteiger charge is 2.07. The largest absolute Gasteiger partial charge is 0.464 e. The number of rotatable bonds is 7.